The molecule has 1 aliphatic heterocycles. The molecule has 0 bridgehead atoms. The summed E-state index contributed by atoms with van der Waals surface area (Å²) in [4.78, 5) is 14.5. The summed E-state index contributed by atoms with van der Waals surface area (Å²) in [5.41, 5.74) is 4.86. The van der Waals surface area contributed by atoms with Crippen LogP contribution in [0.5, 0.6) is 0 Å². The quantitative estimate of drug-likeness (QED) is 0.710. The van der Waals surface area contributed by atoms with Crippen molar-refractivity contribution in [2.24, 2.45) is 0 Å². The van der Waals surface area contributed by atoms with Crippen molar-refractivity contribution < 1.29 is 4.79 Å². The molecule has 28 heavy (non-hydrogen) atoms. The van der Waals surface area contributed by atoms with Crippen LogP contribution in [0.25, 0.3) is 11.1 Å². The van der Waals surface area contributed by atoms with Crippen molar-refractivity contribution in [3.63, 3.8) is 0 Å². The van der Waals surface area contributed by atoms with Gasteiger partial charge in [-0.25, -0.2) is 4.68 Å². The fourth-order valence-corrected chi connectivity index (χ4v) is 3.95. The number of benzene rings is 1. The van der Waals surface area contributed by atoms with Crippen molar-refractivity contribution in [2.75, 3.05) is 13.1 Å². The highest BCUT2D eigenvalue weighted by atomic mass is 16.2. The Morgan fingerprint density at radius 2 is 2.04 bits per heavy atom. The topological polar surface area (TPSA) is 92.6 Å². The number of H-pyrrole nitrogens is 1. The monoisotopic (exact) mass is 379 g/mol. The average molecular weight is 379 g/mol. The Balaban J connectivity index is 1.33. The van der Waals surface area contributed by atoms with Crippen LogP contribution in [-0.4, -0.2) is 54.3 Å². The van der Waals surface area contributed by atoms with Crippen molar-refractivity contribution in [3.05, 3.63) is 48.0 Å². The van der Waals surface area contributed by atoms with Crippen molar-refractivity contribution in [1.29, 1.82) is 0 Å². The maximum absolute atomic E-state index is 12.5. The summed E-state index contributed by atoms with van der Waals surface area (Å²) in [5, 5.41) is 18.6. The van der Waals surface area contributed by atoms with Crippen LogP contribution in [0.15, 0.2) is 36.8 Å². The van der Waals surface area contributed by atoms with E-state index in [0.29, 0.717) is 18.9 Å². The number of nitrogens with one attached hydrogen (secondary N) is 1. The van der Waals surface area contributed by atoms with Crippen molar-refractivity contribution in [3.8, 4) is 11.1 Å². The summed E-state index contributed by atoms with van der Waals surface area (Å²) in [5.74, 6) is 0.623. The average Bonchev–Trinajstić information content (AvgIpc) is 3.40. The molecule has 1 aromatic carbocycles. The van der Waals surface area contributed by atoms with Crippen LogP contribution in [0, 0.1) is 6.92 Å². The Hall–Kier alpha value is -3.03. The van der Waals surface area contributed by atoms with Crippen LogP contribution in [0.3, 0.4) is 0 Å². The Kier molecular flexibility index (Phi) is 5.45. The number of hydrogen-bond donors (Lipinski definition) is 1. The van der Waals surface area contributed by atoms with Gasteiger partial charge in [-0.2, -0.15) is 5.10 Å². The summed E-state index contributed by atoms with van der Waals surface area (Å²) in [6.07, 6.45) is 6.70. The summed E-state index contributed by atoms with van der Waals surface area (Å²) >= 11 is 0. The van der Waals surface area contributed by atoms with E-state index in [1.165, 1.54) is 22.4 Å². The molecule has 1 saturated heterocycles. The number of likely N-dealkylation sites (tertiary alicyclic amines) is 1. The Morgan fingerprint density at radius 3 is 2.79 bits per heavy atom. The lowest BCUT2D eigenvalue weighted by Gasteiger charge is -2.32. The van der Waals surface area contributed by atoms with Crippen LogP contribution < -0.4 is 0 Å². The highest BCUT2D eigenvalue weighted by molar-refractivity contribution is 5.76. The van der Waals surface area contributed by atoms with Gasteiger partial charge in [-0.1, -0.05) is 24.3 Å². The number of rotatable bonds is 6. The highest BCUT2D eigenvalue weighted by Crippen LogP contribution is 2.35. The van der Waals surface area contributed by atoms with Gasteiger partial charge in [-0.15, -0.1) is 5.10 Å². The number of nitrogens with zero attached hydrogens (tertiary/aromatic N) is 6. The largest absolute Gasteiger partial charge is 0.343 e. The lowest BCUT2D eigenvalue weighted by molar-refractivity contribution is -0.132. The molecule has 0 atom stereocenters. The van der Waals surface area contributed by atoms with Crippen molar-refractivity contribution in [2.45, 2.75) is 45.1 Å². The molecule has 8 heteroatoms. The number of aromatic nitrogens is 6. The van der Waals surface area contributed by atoms with Crippen LogP contribution in [-0.2, 0) is 11.3 Å². The Morgan fingerprint density at radius 1 is 1.21 bits per heavy atom. The van der Waals surface area contributed by atoms with E-state index in [0.717, 1.165) is 32.4 Å². The van der Waals surface area contributed by atoms with Gasteiger partial charge in [0.2, 0.25) is 5.91 Å². The van der Waals surface area contributed by atoms with E-state index >= 15 is 0 Å². The van der Waals surface area contributed by atoms with E-state index in [1.807, 2.05) is 11.1 Å². The van der Waals surface area contributed by atoms with Gasteiger partial charge < -0.3 is 4.90 Å². The van der Waals surface area contributed by atoms with Gasteiger partial charge in [-0.3, -0.25) is 9.89 Å². The zero-order valence-electron chi connectivity index (χ0n) is 16.1. The second-order valence-corrected chi connectivity index (χ2v) is 7.34. The number of carbonyl (C=O) groups excluding carboxylic acids is 1. The molecule has 0 aliphatic carbocycles. The summed E-state index contributed by atoms with van der Waals surface area (Å²) in [6.45, 7) is 4.38. The molecule has 4 rings (SSSR count). The Bertz CT molecular complexity index is 910. The molecule has 146 valence electrons. The fraction of sp³-hybridized carbons (Fsp3) is 0.450. The maximum atomic E-state index is 12.5. The van der Waals surface area contributed by atoms with Gasteiger partial charge in [0.25, 0.3) is 0 Å². The van der Waals surface area contributed by atoms with E-state index < -0.39 is 0 Å². The van der Waals surface area contributed by atoms with Crippen LogP contribution >= 0.6 is 0 Å². The van der Waals surface area contributed by atoms with Gasteiger partial charge in [0.1, 0.15) is 6.33 Å². The zero-order chi connectivity index (χ0) is 19.3. The van der Waals surface area contributed by atoms with E-state index in [1.54, 1.807) is 11.0 Å². The third-order valence-electron chi connectivity index (χ3n) is 5.53. The summed E-state index contributed by atoms with van der Waals surface area (Å²) < 4.78 is 1.66. The van der Waals surface area contributed by atoms with Crippen LogP contribution in [0.4, 0.5) is 0 Å². The van der Waals surface area contributed by atoms with Crippen LogP contribution in [0.1, 0.15) is 42.9 Å². The van der Waals surface area contributed by atoms with Gasteiger partial charge in [-0.05, 0) is 47.7 Å². The van der Waals surface area contributed by atoms with Gasteiger partial charge in [0.15, 0.2) is 0 Å². The summed E-state index contributed by atoms with van der Waals surface area (Å²) in [7, 11) is 0. The SMILES string of the molecule is Cc1ccccc1-c1cn[nH]c1C1CCN(C(=O)CCCn2cnnn2)CC1. The smallest absolute Gasteiger partial charge is 0.222 e. The van der Waals surface area contributed by atoms with Gasteiger partial charge in [0.05, 0.1) is 6.20 Å². The minimum Gasteiger partial charge on any atom is -0.343 e. The van der Waals surface area contributed by atoms with Crippen molar-refractivity contribution in [1.82, 2.24) is 35.3 Å². The molecule has 2 aromatic heterocycles. The number of aryl methyl sites for hydroxylation is 2. The van der Waals surface area contributed by atoms with Gasteiger partial charge >= 0.3 is 0 Å². The molecule has 0 radical (unpaired) electrons. The molecule has 0 unspecified atom stereocenters. The first kappa shape index (κ1) is 18.3. The molecule has 1 N–H and O–H groups in total. The third kappa shape index (κ3) is 3.95. The second-order valence-electron chi connectivity index (χ2n) is 7.34. The number of tetrazole rings is 1. The Labute approximate surface area is 163 Å². The predicted octanol–water partition coefficient (Wildman–Crippen LogP) is 2.56. The van der Waals surface area contributed by atoms with Crippen LogP contribution in [0.2, 0.25) is 0 Å². The number of carbonyl (C=O) groups is 1. The normalized spacial score (nSPS) is 15.1. The standard InChI is InChI=1S/C20H25N7O/c1-15-5-2-3-6-17(15)18-13-21-23-20(18)16-8-11-26(12-9-16)19(28)7-4-10-27-14-22-24-25-27/h2-3,5-6,13-14,16H,4,7-12H2,1H3,(H,21,23). The molecule has 0 spiro atoms. The van der Waals surface area contributed by atoms with E-state index in [2.05, 4.69) is 56.9 Å². The summed E-state index contributed by atoms with van der Waals surface area (Å²) in [6, 6.07) is 8.40. The molecule has 1 fully saturated rings. The molecule has 3 heterocycles. The van der Waals surface area contributed by atoms with E-state index in [9.17, 15) is 4.79 Å². The number of hydrogen-bond acceptors (Lipinski definition) is 5. The lowest BCUT2D eigenvalue weighted by Crippen LogP contribution is -2.38. The van der Waals surface area contributed by atoms with Gasteiger partial charge in [0, 0.05) is 43.2 Å². The second kappa shape index (κ2) is 8.33. The first-order valence-corrected chi connectivity index (χ1v) is 9.80. The zero-order valence-corrected chi connectivity index (χ0v) is 16.1. The number of aromatic amines is 1. The van der Waals surface area contributed by atoms with E-state index in [-0.39, 0.29) is 5.91 Å². The molecule has 3 aromatic rings. The molecule has 1 aliphatic rings. The lowest BCUT2D eigenvalue weighted by atomic mass is 9.88. The fourth-order valence-electron chi connectivity index (χ4n) is 3.95. The number of piperidine rings is 1. The third-order valence-corrected chi connectivity index (χ3v) is 5.53. The molecule has 8 nitrogen and oxygen atoms in total. The molecule has 1 amide bonds. The molecular formula is C20H25N7O. The minimum atomic E-state index is 0.218. The first-order valence-electron chi connectivity index (χ1n) is 9.80. The molecular weight excluding hydrogens is 354 g/mol. The molecule has 0 saturated carbocycles. The van der Waals surface area contributed by atoms with Crippen molar-refractivity contribution >= 4 is 5.91 Å². The predicted molar refractivity (Wildman–Crippen MR) is 104 cm³/mol. The first-order chi connectivity index (χ1) is 13.7. The maximum Gasteiger partial charge on any atom is 0.222 e. The minimum absolute atomic E-state index is 0.218. The number of amides is 1. The van der Waals surface area contributed by atoms with E-state index in [4.69, 9.17) is 0 Å². The highest BCUT2D eigenvalue weighted by Gasteiger charge is 2.26.